The number of amides is 1. The van der Waals surface area contributed by atoms with Crippen LogP contribution in [0.2, 0.25) is 0 Å². The van der Waals surface area contributed by atoms with Gasteiger partial charge in [-0.25, -0.2) is 0 Å². The van der Waals surface area contributed by atoms with Crippen molar-refractivity contribution in [3.8, 4) is 0 Å². The molecule has 0 spiro atoms. The minimum absolute atomic E-state index is 0.0653. The third-order valence-corrected chi connectivity index (χ3v) is 3.69. The number of aromatic nitrogens is 3. The molecule has 1 aliphatic rings. The Labute approximate surface area is 129 Å². The molecule has 0 aromatic carbocycles. The second-order valence-electron chi connectivity index (χ2n) is 6.02. The van der Waals surface area contributed by atoms with E-state index in [1.807, 2.05) is 32.0 Å². The van der Waals surface area contributed by atoms with E-state index in [0.717, 1.165) is 22.8 Å². The number of anilines is 1. The Balaban J connectivity index is 1.50. The predicted octanol–water partition coefficient (Wildman–Crippen LogP) is 1.66. The Kier molecular flexibility index (Phi) is 3.98. The lowest BCUT2D eigenvalue weighted by Crippen LogP contribution is -2.30. The number of carbonyl (C=O) groups is 1. The Morgan fingerprint density at radius 1 is 1.55 bits per heavy atom. The van der Waals surface area contributed by atoms with Gasteiger partial charge in [0.05, 0.1) is 23.6 Å². The molecule has 22 heavy (non-hydrogen) atoms. The van der Waals surface area contributed by atoms with Crippen LogP contribution in [0.3, 0.4) is 0 Å². The Hall–Kier alpha value is -2.15. The molecule has 7 nitrogen and oxygen atoms in total. The molecular formula is C15H21N5O2. The third kappa shape index (κ3) is 3.54. The van der Waals surface area contributed by atoms with Crippen LogP contribution < -0.4 is 5.32 Å². The van der Waals surface area contributed by atoms with Gasteiger partial charge in [0, 0.05) is 31.8 Å². The van der Waals surface area contributed by atoms with Gasteiger partial charge in [0.25, 0.3) is 0 Å². The standard InChI is InChI=1S/C15H21N5O2/c1-10-13(8-20(3)17-10)16-15(21)9-19(2)7-12-6-14(22-18-12)11-4-5-11/h6,8,11H,4-5,7,9H2,1-3H3,(H,16,21). The molecule has 1 amide bonds. The summed E-state index contributed by atoms with van der Waals surface area (Å²) in [6.07, 6.45) is 4.18. The molecule has 2 heterocycles. The lowest BCUT2D eigenvalue weighted by atomic mass is 10.3. The Morgan fingerprint density at radius 3 is 2.95 bits per heavy atom. The van der Waals surface area contributed by atoms with E-state index in [-0.39, 0.29) is 5.91 Å². The second-order valence-corrected chi connectivity index (χ2v) is 6.02. The lowest BCUT2D eigenvalue weighted by Gasteiger charge is -2.14. The Bertz CT molecular complexity index is 671. The number of hydrogen-bond acceptors (Lipinski definition) is 5. The average molecular weight is 303 g/mol. The minimum Gasteiger partial charge on any atom is -0.361 e. The Morgan fingerprint density at radius 2 is 2.32 bits per heavy atom. The van der Waals surface area contributed by atoms with Crippen LogP contribution >= 0.6 is 0 Å². The van der Waals surface area contributed by atoms with Crippen LogP contribution in [0, 0.1) is 6.92 Å². The molecule has 1 fully saturated rings. The van der Waals surface area contributed by atoms with Crippen molar-refractivity contribution in [1.82, 2.24) is 19.8 Å². The molecule has 2 aromatic rings. The van der Waals surface area contributed by atoms with Gasteiger partial charge in [0.2, 0.25) is 5.91 Å². The van der Waals surface area contributed by atoms with Gasteiger partial charge in [-0.3, -0.25) is 14.4 Å². The van der Waals surface area contributed by atoms with Gasteiger partial charge in [-0.1, -0.05) is 5.16 Å². The summed E-state index contributed by atoms with van der Waals surface area (Å²) in [5, 5.41) is 11.1. The number of aryl methyl sites for hydroxylation is 2. The molecule has 1 N–H and O–H groups in total. The van der Waals surface area contributed by atoms with Gasteiger partial charge in [-0.15, -0.1) is 0 Å². The highest BCUT2D eigenvalue weighted by Crippen LogP contribution is 2.40. The summed E-state index contributed by atoms with van der Waals surface area (Å²) in [6, 6.07) is 2.00. The molecule has 0 aliphatic heterocycles. The first-order valence-corrected chi connectivity index (χ1v) is 7.45. The summed E-state index contributed by atoms with van der Waals surface area (Å²) in [4.78, 5) is 14.0. The van der Waals surface area contributed by atoms with Crippen LogP contribution in [0.4, 0.5) is 5.69 Å². The van der Waals surface area contributed by atoms with Crippen molar-refractivity contribution in [2.24, 2.45) is 7.05 Å². The highest BCUT2D eigenvalue weighted by atomic mass is 16.5. The van der Waals surface area contributed by atoms with Gasteiger partial charge in [0.1, 0.15) is 5.76 Å². The summed E-state index contributed by atoms with van der Waals surface area (Å²) in [7, 11) is 3.72. The number of nitrogens with one attached hydrogen (secondary N) is 1. The van der Waals surface area contributed by atoms with Crippen molar-refractivity contribution >= 4 is 11.6 Å². The van der Waals surface area contributed by atoms with E-state index < -0.39 is 0 Å². The first-order chi connectivity index (χ1) is 10.5. The molecule has 0 saturated heterocycles. The van der Waals surface area contributed by atoms with Gasteiger partial charge in [-0.2, -0.15) is 5.10 Å². The number of nitrogens with zero attached hydrogens (tertiary/aromatic N) is 4. The molecule has 118 valence electrons. The van der Waals surface area contributed by atoms with E-state index >= 15 is 0 Å². The SMILES string of the molecule is Cc1nn(C)cc1NC(=O)CN(C)Cc1cc(C2CC2)on1. The van der Waals surface area contributed by atoms with Crippen molar-refractivity contribution in [3.63, 3.8) is 0 Å². The fourth-order valence-electron chi connectivity index (χ4n) is 2.45. The largest absolute Gasteiger partial charge is 0.361 e. The van der Waals surface area contributed by atoms with Crippen molar-refractivity contribution in [3.05, 3.63) is 29.4 Å². The molecule has 0 bridgehead atoms. The van der Waals surface area contributed by atoms with Crippen LogP contribution in [0.25, 0.3) is 0 Å². The van der Waals surface area contributed by atoms with Crippen LogP contribution in [0.5, 0.6) is 0 Å². The zero-order valence-electron chi connectivity index (χ0n) is 13.2. The van der Waals surface area contributed by atoms with Crippen LogP contribution in [0.1, 0.15) is 35.9 Å². The number of likely N-dealkylation sites (N-methyl/N-ethyl adjacent to an activating group) is 1. The fourth-order valence-corrected chi connectivity index (χ4v) is 2.45. The lowest BCUT2D eigenvalue weighted by molar-refractivity contribution is -0.117. The van der Waals surface area contributed by atoms with Crippen LogP contribution in [-0.2, 0) is 18.4 Å². The van der Waals surface area contributed by atoms with Gasteiger partial charge < -0.3 is 9.84 Å². The topological polar surface area (TPSA) is 76.2 Å². The van der Waals surface area contributed by atoms with E-state index in [1.165, 1.54) is 12.8 Å². The highest BCUT2D eigenvalue weighted by Gasteiger charge is 2.28. The molecule has 0 unspecified atom stereocenters. The second kappa shape index (κ2) is 5.92. The average Bonchev–Trinajstić information content (AvgIpc) is 3.10. The molecule has 2 aromatic heterocycles. The van der Waals surface area contributed by atoms with Gasteiger partial charge >= 0.3 is 0 Å². The monoisotopic (exact) mass is 303 g/mol. The van der Waals surface area contributed by atoms with Crippen molar-refractivity contribution in [2.75, 3.05) is 18.9 Å². The summed E-state index contributed by atoms with van der Waals surface area (Å²) in [5.74, 6) is 1.46. The maximum atomic E-state index is 12.1. The summed E-state index contributed by atoms with van der Waals surface area (Å²) >= 11 is 0. The van der Waals surface area contributed by atoms with E-state index in [0.29, 0.717) is 19.0 Å². The maximum absolute atomic E-state index is 12.1. The summed E-state index contributed by atoms with van der Waals surface area (Å²) in [5.41, 5.74) is 2.43. The summed E-state index contributed by atoms with van der Waals surface area (Å²) < 4.78 is 7.00. The van der Waals surface area contributed by atoms with E-state index in [9.17, 15) is 4.79 Å². The molecule has 0 radical (unpaired) electrons. The molecule has 7 heteroatoms. The zero-order chi connectivity index (χ0) is 15.7. The zero-order valence-corrected chi connectivity index (χ0v) is 13.2. The summed E-state index contributed by atoms with van der Waals surface area (Å²) in [6.45, 7) is 2.75. The first-order valence-electron chi connectivity index (χ1n) is 7.45. The molecular weight excluding hydrogens is 282 g/mol. The fraction of sp³-hybridized carbons (Fsp3) is 0.533. The normalized spacial score (nSPS) is 14.5. The van der Waals surface area contributed by atoms with Crippen molar-refractivity contribution in [2.45, 2.75) is 32.2 Å². The molecule has 3 rings (SSSR count). The smallest absolute Gasteiger partial charge is 0.238 e. The van der Waals surface area contributed by atoms with Gasteiger partial charge in [0.15, 0.2) is 0 Å². The van der Waals surface area contributed by atoms with E-state index in [2.05, 4.69) is 15.6 Å². The predicted molar refractivity (Wildman–Crippen MR) is 81.4 cm³/mol. The van der Waals surface area contributed by atoms with E-state index in [1.54, 1.807) is 10.9 Å². The number of rotatable bonds is 6. The maximum Gasteiger partial charge on any atom is 0.238 e. The third-order valence-electron chi connectivity index (χ3n) is 3.69. The van der Waals surface area contributed by atoms with E-state index in [4.69, 9.17) is 4.52 Å². The quantitative estimate of drug-likeness (QED) is 0.878. The highest BCUT2D eigenvalue weighted by molar-refractivity contribution is 5.92. The van der Waals surface area contributed by atoms with Crippen molar-refractivity contribution in [1.29, 1.82) is 0 Å². The molecule has 1 saturated carbocycles. The number of carbonyl (C=O) groups excluding carboxylic acids is 1. The van der Waals surface area contributed by atoms with Crippen LogP contribution in [0.15, 0.2) is 16.8 Å². The minimum atomic E-state index is -0.0653. The molecule has 1 aliphatic carbocycles. The first kappa shape index (κ1) is 14.8. The molecule has 0 atom stereocenters. The van der Waals surface area contributed by atoms with Crippen LogP contribution in [-0.4, -0.2) is 39.3 Å². The number of hydrogen-bond donors (Lipinski definition) is 1. The van der Waals surface area contributed by atoms with Gasteiger partial charge in [-0.05, 0) is 26.8 Å². The van der Waals surface area contributed by atoms with Crippen molar-refractivity contribution < 1.29 is 9.32 Å².